The van der Waals surface area contributed by atoms with Crippen LogP contribution in [0.3, 0.4) is 0 Å². The highest BCUT2D eigenvalue weighted by Crippen LogP contribution is 2.30. The molecule has 0 atom stereocenters. The van der Waals surface area contributed by atoms with Crippen LogP contribution in [0.15, 0.2) is 48.2 Å². The van der Waals surface area contributed by atoms with Crippen molar-refractivity contribution < 1.29 is 28.7 Å². The summed E-state index contributed by atoms with van der Waals surface area (Å²) < 4.78 is 22.4. The van der Waals surface area contributed by atoms with Crippen LogP contribution in [0.5, 0.6) is 11.5 Å². The second-order valence-electron chi connectivity index (χ2n) is 7.09. The van der Waals surface area contributed by atoms with Gasteiger partial charge in [-0.15, -0.1) is 0 Å². The average molecular weight is 458 g/mol. The smallest absolute Gasteiger partial charge is 0.373 e. The summed E-state index contributed by atoms with van der Waals surface area (Å²) in [5.74, 6) is 0.766. The van der Waals surface area contributed by atoms with E-state index < -0.39 is 10.9 Å². The molecule has 0 amide bonds. The minimum atomic E-state index is -0.517. The number of carbonyl (C=O) groups is 1. The fourth-order valence-corrected chi connectivity index (χ4v) is 2.90. The Morgan fingerprint density at radius 3 is 2.27 bits per heavy atom. The van der Waals surface area contributed by atoms with Crippen LogP contribution in [0.25, 0.3) is 6.08 Å². The SMILES string of the molecule is CCCCOc1cc(C=C(OCC)C(=O)OCC)ccc1OCCc1ccc([N+](=O)[O-])cc1. The lowest BCUT2D eigenvalue weighted by molar-refractivity contribution is -0.384. The molecule has 8 nitrogen and oxygen atoms in total. The summed E-state index contributed by atoms with van der Waals surface area (Å²) in [6.07, 6.45) is 4.10. The molecule has 2 aromatic carbocycles. The third-order valence-electron chi connectivity index (χ3n) is 4.59. The minimum absolute atomic E-state index is 0.0594. The van der Waals surface area contributed by atoms with Crippen molar-refractivity contribution >= 4 is 17.7 Å². The maximum Gasteiger partial charge on any atom is 0.373 e. The number of rotatable bonds is 14. The number of hydrogen-bond donors (Lipinski definition) is 0. The van der Waals surface area contributed by atoms with E-state index in [0.29, 0.717) is 37.7 Å². The monoisotopic (exact) mass is 457 g/mol. The highest BCUT2D eigenvalue weighted by molar-refractivity contribution is 5.91. The van der Waals surface area contributed by atoms with E-state index in [9.17, 15) is 14.9 Å². The van der Waals surface area contributed by atoms with Gasteiger partial charge in [0, 0.05) is 18.6 Å². The predicted octanol–water partition coefficient (Wildman–Crippen LogP) is 5.34. The van der Waals surface area contributed by atoms with Crippen LogP contribution in [-0.2, 0) is 20.7 Å². The Morgan fingerprint density at radius 1 is 0.939 bits per heavy atom. The molecule has 0 saturated heterocycles. The molecule has 0 spiro atoms. The number of unbranched alkanes of at least 4 members (excludes halogenated alkanes) is 1. The second-order valence-corrected chi connectivity index (χ2v) is 7.09. The number of carbonyl (C=O) groups excluding carboxylic acids is 1. The lowest BCUT2D eigenvalue weighted by Crippen LogP contribution is -2.10. The lowest BCUT2D eigenvalue weighted by atomic mass is 10.1. The Hall–Kier alpha value is -3.55. The Kier molecular flexibility index (Phi) is 10.7. The van der Waals surface area contributed by atoms with Gasteiger partial charge in [-0.05, 0) is 49.6 Å². The molecular formula is C25H31NO7. The van der Waals surface area contributed by atoms with Crippen LogP contribution < -0.4 is 9.47 Å². The van der Waals surface area contributed by atoms with Gasteiger partial charge >= 0.3 is 5.97 Å². The number of hydrogen-bond acceptors (Lipinski definition) is 7. The van der Waals surface area contributed by atoms with Gasteiger partial charge in [-0.1, -0.05) is 31.5 Å². The normalized spacial score (nSPS) is 11.1. The van der Waals surface area contributed by atoms with Gasteiger partial charge in [-0.2, -0.15) is 0 Å². The van der Waals surface area contributed by atoms with E-state index in [1.54, 1.807) is 44.2 Å². The second kappa shape index (κ2) is 13.8. The van der Waals surface area contributed by atoms with E-state index in [0.717, 1.165) is 24.0 Å². The van der Waals surface area contributed by atoms with Crippen molar-refractivity contribution in [3.05, 3.63) is 69.5 Å². The fraction of sp³-hybridized carbons (Fsp3) is 0.400. The zero-order chi connectivity index (χ0) is 24.1. The summed E-state index contributed by atoms with van der Waals surface area (Å²) >= 11 is 0. The first-order valence-corrected chi connectivity index (χ1v) is 11.1. The van der Waals surface area contributed by atoms with Gasteiger partial charge < -0.3 is 18.9 Å². The molecule has 0 unspecified atom stereocenters. The summed E-state index contributed by atoms with van der Waals surface area (Å²) in [4.78, 5) is 22.5. The number of nitro benzene ring substituents is 1. The maximum atomic E-state index is 12.1. The molecule has 0 aliphatic heterocycles. The molecule has 0 fully saturated rings. The zero-order valence-corrected chi connectivity index (χ0v) is 19.4. The van der Waals surface area contributed by atoms with Crippen LogP contribution in [0, 0.1) is 10.1 Å². The summed E-state index contributed by atoms with van der Waals surface area (Å²) in [5.41, 5.74) is 1.72. The summed E-state index contributed by atoms with van der Waals surface area (Å²) in [5, 5.41) is 10.8. The third-order valence-corrected chi connectivity index (χ3v) is 4.59. The molecule has 0 bridgehead atoms. The molecule has 0 radical (unpaired) electrons. The van der Waals surface area contributed by atoms with Crippen LogP contribution in [0.1, 0.15) is 44.7 Å². The average Bonchev–Trinajstić information content (AvgIpc) is 2.80. The number of nitrogens with zero attached hydrogens (tertiary/aromatic N) is 1. The van der Waals surface area contributed by atoms with Gasteiger partial charge in [-0.3, -0.25) is 10.1 Å². The van der Waals surface area contributed by atoms with Gasteiger partial charge in [0.15, 0.2) is 11.5 Å². The molecule has 0 aliphatic carbocycles. The largest absolute Gasteiger partial charge is 0.490 e. The van der Waals surface area contributed by atoms with Crippen molar-refractivity contribution in [1.82, 2.24) is 0 Å². The lowest BCUT2D eigenvalue weighted by Gasteiger charge is -2.14. The predicted molar refractivity (Wildman–Crippen MR) is 125 cm³/mol. The van der Waals surface area contributed by atoms with Crippen LogP contribution in [0.2, 0.25) is 0 Å². The number of esters is 1. The molecule has 2 rings (SSSR count). The summed E-state index contributed by atoms with van der Waals surface area (Å²) in [6.45, 7) is 7.14. The third kappa shape index (κ3) is 8.48. The Bertz CT molecular complexity index is 938. The molecular weight excluding hydrogens is 426 g/mol. The Morgan fingerprint density at radius 2 is 1.64 bits per heavy atom. The molecule has 0 aromatic heterocycles. The van der Waals surface area contributed by atoms with Crippen molar-refractivity contribution in [2.24, 2.45) is 0 Å². The van der Waals surface area contributed by atoms with Crippen molar-refractivity contribution in [3.63, 3.8) is 0 Å². The summed E-state index contributed by atoms with van der Waals surface area (Å²) in [7, 11) is 0. The van der Waals surface area contributed by atoms with E-state index in [1.807, 2.05) is 6.07 Å². The van der Waals surface area contributed by atoms with Crippen molar-refractivity contribution in [2.75, 3.05) is 26.4 Å². The molecule has 0 heterocycles. The number of benzene rings is 2. The molecule has 0 aliphatic rings. The molecule has 8 heteroatoms. The Balaban J connectivity index is 2.14. The van der Waals surface area contributed by atoms with Crippen LogP contribution in [0.4, 0.5) is 5.69 Å². The first-order valence-electron chi connectivity index (χ1n) is 11.1. The van der Waals surface area contributed by atoms with Gasteiger partial charge in [0.2, 0.25) is 5.76 Å². The molecule has 33 heavy (non-hydrogen) atoms. The molecule has 178 valence electrons. The minimum Gasteiger partial charge on any atom is -0.490 e. The van der Waals surface area contributed by atoms with Crippen molar-refractivity contribution in [3.8, 4) is 11.5 Å². The van der Waals surface area contributed by atoms with Gasteiger partial charge in [-0.25, -0.2) is 4.79 Å². The van der Waals surface area contributed by atoms with E-state index in [4.69, 9.17) is 18.9 Å². The van der Waals surface area contributed by atoms with Gasteiger partial charge in [0.1, 0.15) is 0 Å². The van der Waals surface area contributed by atoms with Crippen LogP contribution in [-0.4, -0.2) is 37.3 Å². The molecule has 0 N–H and O–H groups in total. The Labute approximate surface area is 194 Å². The number of nitro groups is 1. The first-order chi connectivity index (χ1) is 16.0. The van der Waals surface area contributed by atoms with Crippen LogP contribution >= 0.6 is 0 Å². The topological polar surface area (TPSA) is 97.1 Å². The number of ether oxygens (including phenoxy) is 4. The first kappa shape index (κ1) is 25.7. The number of non-ortho nitro benzene ring substituents is 1. The zero-order valence-electron chi connectivity index (χ0n) is 19.4. The van der Waals surface area contributed by atoms with E-state index in [1.165, 1.54) is 12.1 Å². The quantitative estimate of drug-likeness (QED) is 0.0944. The maximum absolute atomic E-state index is 12.1. The van der Waals surface area contributed by atoms with Crippen molar-refractivity contribution in [1.29, 1.82) is 0 Å². The molecule has 2 aromatic rings. The standard InChI is InChI=1S/C25H31NO7/c1-4-7-15-32-23-17-20(18-24(30-5-2)25(27)31-6-3)10-13-22(23)33-16-14-19-8-11-21(12-9-19)26(28)29/h8-13,17-18H,4-7,14-16H2,1-3H3. The fourth-order valence-electron chi connectivity index (χ4n) is 2.90. The molecule has 0 saturated carbocycles. The van der Waals surface area contributed by atoms with E-state index in [2.05, 4.69) is 6.92 Å². The van der Waals surface area contributed by atoms with Gasteiger partial charge in [0.25, 0.3) is 5.69 Å². The summed E-state index contributed by atoms with van der Waals surface area (Å²) in [6, 6.07) is 11.8. The van der Waals surface area contributed by atoms with Gasteiger partial charge in [0.05, 0.1) is 31.4 Å². The van der Waals surface area contributed by atoms with E-state index >= 15 is 0 Å². The van der Waals surface area contributed by atoms with Crippen molar-refractivity contribution in [2.45, 2.75) is 40.0 Å². The highest BCUT2D eigenvalue weighted by atomic mass is 16.6. The highest BCUT2D eigenvalue weighted by Gasteiger charge is 2.13. The van der Waals surface area contributed by atoms with E-state index in [-0.39, 0.29) is 18.1 Å².